The van der Waals surface area contributed by atoms with Crippen LogP contribution >= 0.6 is 11.3 Å². The zero-order chi connectivity index (χ0) is 16.9. The third-order valence-corrected chi connectivity index (χ3v) is 4.85. The van der Waals surface area contributed by atoms with E-state index in [4.69, 9.17) is 0 Å². The van der Waals surface area contributed by atoms with Crippen molar-refractivity contribution in [2.75, 3.05) is 32.7 Å². The Balaban J connectivity index is 1.66. The van der Waals surface area contributed by atoms with E-state index in [1.54, 1.807) is 11.3 Å². The van der Waals surface area contributed by atoms with Gasteiger partial charge in [-0.05, 0) is 11.4 Å². The lowest BCUT2D eigenvalue weighted by Crippen LogP contribution is -2.48. The molecule has 1 N–H and O–H groups in total. The van der Waals surface area contributed by atoms with Crippen LogP contribution in [0.5, 0.6) is 0 Å². The number of hydrogen-bond donors (Lipinski definition) is 1. The van der Waals surface area contributed by atoms with E-state index in [1.165, 1.54) is 4.88 Å². The minimum atomic E-state index is -0.406. The summed E-state index contributed by atoms with van der Waals surface area (Å²) in [6, 6.07) is 4.23. The summed E-state index contributed by atoms with van der Waals surface area (Å²) in [4.78, 5) is 29.7. The molecule has 2 rings (SSSR count). The molecule has 0 aromatic carbocycles. The number of hydrogen-bond acceptors (Lipinski definition) is 4. The summed E-state index contributed by atoms with van der Waals surface area (Å²) in [5.74, 6) is 0.126. The first-order chi connectivity index (χ1) is 10.9. The third kappa shape index (κ3) is 5.62. The van der Waals surface area contributed by atoms with Gasteiger partial charge < -0.3 is 10.2 Å². The van der Waals surface area contributed by atoms with E-state index in [0.717, 1.165) is 32.7 Å². The number of piperazine rings is 1. The smallest absolute Gasteiger partial charge is 0.225 e. The number of carbonyl (C=O) groups excluding carboxylic acids is 2. The minimum absolute atomic E-state index is 0.00827. The number of thiophene rings is 1. The highest BCUT2D eigenvalue weighted by atomic mass is 32.1. The molecular formula is C17H27N3O2S. The molecule has 2 heterocycles. The molecule has 5 nitrogen and oxygen atoms in total. The van der Waals surface area contributed by atoms with Gasteiger partial charge in [0.2, 0.25) is 11.8 Å². The minimum Gasteiger partial charge on any atom is -0.355 e. The Hall–Kier alpha value is -1.40. The summed E-state index contributed by atoms with van der Waals surface area (Å²) in [5, 5.41) is 4.93. The normalized spacial score (nSPS) is 16.4. The van der Waals surface area contributed by atoms with Gasteiger partial charge in [0.05, 0.1) is 0 Å². The first-order valence-electron chi connectivity index (χ1n) is 8.17. The van der Waals surface area contributed by atoms with E-state index >= 15 is 0 Å². The van der Waals surface area contributed by atoms with Gasteiger partial charge in [0.1, 0.15) is 0 Å². The van der Waals surface area contributed by atoms with E-state index in [9.17, 15) is 9.59 Å². The molecule has 0 saturated carbocycles. The zero-order valence-electron chi connectivity index (χ0n) is 14.3. The number of rotatable bonds is 5. The second-order valence-corrected chi connectivity index (χ2v) is 8.02. The number of nitrogens with one attached hydrogen (secondary N) is 1. The summed E-state index contributed by atoms with van der Waals surface area (Å²) in [6.07, 6.45) is 0.382. The van der Waals surface area contributed by atoms with Gasteiger partial charge in [-0.15, -0.1) is 11.3 Å². The molecule has 0 radical (unpaired) electrons. The molecule has 1 fully saturated rings. The van der Waals surface area contributed by atoms with E-state index < -0.39 is 5.41 Å². The van der Waals surface area contributed by atoms with Gasteiger partial charge in [-0.3, -0.25) is 14.5 Å². The number of carbonyl (C=O) groups is 2. The molecule has 2 amide bonds. The first-order valence-corrected chi connectivity index (χ1v) is 9.05. The second kappa shape index (κ2) is 7.93. The fourth-order valence-corrected chi connectivity index (χ4v) is 3.23. The van der Waals surface area contributed by atoms with Crippen molar-refractivity contribution in [1.82, 2.24) is 15.1 Å². The van der Waals surface area contributed by atoms with Crippen LogP contribution in [0.15, 0.2) is 17.5 Å². The summed E-state index contributed by atoms with van der Waals surface area (Å²) in [6.45, 7) is 10.4. The molecule has 0 spiro atoms. The summed E-state index contributed by atoms with van der Waals surface area (Å²) >= 11 is 1.78. The van der Waals surface area contributed by atoms with Gasteiger partial charge in [-0.1, -0.05) is 26.8 Å². The Morgan fingerprint density at radius 3 is 2.48 bits per heavy atom. The highest BCUT2D eigenvalue weighted by Crippen LogP contribution is 2.14. The Morgan fingerprint density at radius 1 is 1.22 bits per heavy atom. The van der Waals surface area contributed by atoms with E-state index in [-0.39, 0.29) is 11.8 Å². The largest absolute Gasteiger partial charge is 0.355 e. The molecule has 0 bridgehead atoms. The van der Waals surface area contributed by atoms with Crippen molar-refractivity contribution in [2.45, 2.75) is 33.7 Å². The Bertz CT molecular complexity index is 514. The fourth-order valence-electron chi connectivity index (χ4n) is 2.48. The second-order valence-electron chi connectivity index (χ2n) is 6.99. The molecule has 0 atom stereocenters. The van der Waals surface area contributed by atoms with Gasteiger partial charge in [0, 0.05) is 56.0 Å². The van der Waals surface area contributed by atoms with Crippen LogP contribution in [-0.2, 0) is 16.1 Å². The van der Waals surface area contributed by atoms with Crippen LogP contribution in [0.1, 0.15) is 32.1 Å². The lowest BCUT2D eigenvalue weighted by molar-refractivity contribution is -0.133. The molecule has 23 heavy (non-hydrogen) atoms. The highest BCUT2D eigenvalue weighted by Gasteiger charge is 2.23. The van der Waals surface area contributed by atoms with Crippen molar-refractivity contribution in [3.05, 3.63) is 22.4 Å². The molecule has 1 aliphatic heterocycles. The number of nitrogens with zero attached hydrogens (tertiary/aromatic N) is 2. The van der Waals surface area contributed by atoms with Crippen LogP contribution in [0, 0.1) is 5.41 Å². The lowest BCUT2D eigenvalue weighted by Gasteiger charge is -2.34. The SMILES string of the molecule is CC(C)(C)C(=O)NCCC(=O)N1CCN(Cc2cccs2)CC1. The molecule has 0 aliphatic carbocycles. The maximum absolute atomic E-state index is 12.2. The molecule has 1 aliphatic rings. The van der Waals surface area contributed by atoms with E-state index in [2.05, 4.69) is 27.7 Å². The predicted molar refractivity (Wildman–Crippen MR) is 93.3 cm³/mol. The van der Waals surface area contributed by atoms with Crippen LogP contribution < -0.4 is 5.32 Å². The van der Waals surface area contributed by atoms with Crippen molar-refractivity contribution in [3.63, 3.8) is 0 Å². The van der Waals surface area contributed by atoms with Crippen LogP contribution in [0.2, 0.25) is 0 Å². The van der Waals surface area contributed by atoms with Gasteiger partial charge in [-0.25, -0.2) is 0 Å². The van der Waals surface area contributed by atoms with Gasteiger partial charge in [-0.2, -0.15) is 0 Å². The Morgan fingerprint density at radius 2 is 1.91 bits per heavy atom. The maximum Gasteiger partial charge on any atom is 0.225 e. The van der Waals surface area contributed by atoms with Crippen LogP contribution in [0.25, 0.3) is 0 Å². The fraction of sp³-hybridized carbons (Fsp3) is 0.647. The molecule has 0 unspecified atom stereocenters. The summed E-state index contributed by atoms with van der Waals surface area (Å²) < 4.78 is 0. The van der Waals surface area contributed by atoms with Crippen molar-refractivity contribution in [1.29, 1.82) is 0 Å². The van der Waals surface area contributed by atoms with Crippen LogP contribution in [0.3, 0.4) is 0 Å². The average molecular weight is 337 g/mol. The van der Waals surface area contributed by atoms with Gasteiger partial charge >= 0.3 is 0 Å². The molecular weight excluding hydrogens is 310 g/mol. The summed E-state index contributed by atoms with van der Waals surface area (Å²) in [5.41, 5.74) is -0.406. The molecule has 128 valence electrons. The number of amides is 2. The average Bonchev–Trinajstić information content (AvgIpc) is 2.99. The standard InChI is InChI=1S/C17H27N3O2S/c1-17(2,3)16(22)18-7-6-15(21)20-10-8-19(9-11-20)13-14-5-4-12-23-14/h4-5,12H,6-11,13H2,1-3H3,(H,18,22). The monoisotopic (exact) mass is 337 g/mol. The molecule has 1 aromatic heterocycles. The van der Waals surface area contributed by atoms with Gasteiger partial charge in [0.15, 0.2) is 0 Å². The molecule has 6 heteroatoms. The van der Waals surface area contributed by atoms with Crippen LogP contribution in [0.4, 0.5) is 0 Å². The van der Waals surface area contributed by atoms with Crippen molar-refractivity contribution in [3.8, 4) is 0 Å². The lowest BCUT2D eigenvalue weighted by atomic mass is 9.96. The highest BCUT2D eigenvalue weighted by molar-refractivity contribution is 7.09. The molecule has 1 aromatic rings. The summed E-state index contributed by atoms with van der Waals surface area (Å²) in [7, 11) is 0. The predicted octanol–water partition coefficient (Wildman–Crippen LogP) is 1.94. The quantitative estimate of drug-likeness (QED) is 0.893. The maximum atomic E-state index is 12.2. The topological polar surface area (TPSA) is 52.7 Å². The Kier molecular flexibility index (Phi) is 6.18. The van der Waals surface area contributed by atoms with Crippen LogP contribution in [-0.4, -0.2) is 54.3 Å². The first kappa shape index (κ1) is 17.9. The van der Waals surface area contributed by atoms with Crippen molar-refractivity contribution in [2.24, 2.45) is 5.41 Å². The Labute approximate surface area is 142 Å². The van der Waals surface area contributed by atoms with E-state index in [1.807, 2.05) is 25.7 Å². The van der Waals surface area contributed by atoms with Crippen molar-refractivity contribution >= 4 is 23.2 Å². The zero-order valence-corrected chi connectivity index (χ0v) is 15.1. The van der Waals surface area contributed by atoms with Crippen molar-refractivity contribution < 1.29 is 9.59 Å². The van der Waals surface area contributed by atoms with E-state index in [0.29, 0.717) is 13.0 Å². The van der Waals surface area contributed by atoms with Gasteiger partial charge in [0.25, 0.3) is 0 Å². The molecule has 1 saturated heterocycles. The third-order valence-electron chi connectivity index (χ3n) is 3.99.